The van der Waals surface area contributed by atoms with E-state index >= 15 is 4.39 Å². The molecule has 0 aliphatic carbocycles. The predicted octanol–water partition coefficient (Wildman–Crippen LogP) is 6.46. The normalized spacial score (nSPS) is 12.6. The largest absolute Gasteiger partial charge is 0.307 e. The highest BCUT2D eigenvalue weighted by atomic mass is 19.1. The first-order valence-corrected chi connectivity index (χ1v) is 10.6. The third-order valence-corrected chi connectivity index (χ3v) is 6.51. The smallest absolute Gasteiger partial charge is 0.224 e. The monoisotopic (exact) mass is 395 g/mol. The second kappa shape index (κ2) is 5.91. The molecule has 148 valence electrons. The van der Waals surface area contributed by atoms with Gasteiger partial charge in [-0.05, 0) is 54.0 Å². The van der Waals surface area contributed by atoms with Gasteiger partial charge in [-0.1, -0.05) is 38.1 Å². The minimum atomic E-state index is -0.157. The van der Waals surface area contributed by atoms with Crippen LogP contribution in [-0.4, -0.2) is 4.40 Å². The minimum Gasteiger partial charge on any atom is -0.307 e. The Bertz CT molecular complexity index is 1620. The van der Waals surface area contributed by atoms with E-state index in [1.807, 2.05) is 12.1 Å². The zero-order valence-corrected chi connectivity index (χ0v) is 17.8. The summed E-state index contributed by atoms with van der Waals surface area (Å²) >= 11 is 0. The number of nitrogens with zero attached hydrogens (tertiary/aromatic N) is 2. The van der Waals surface area contributed by atoms with Crippen molar-refractivity contribution in [2.75, 3.05) is 0 Å². The highest BCUT2D eigenvalue weighted by Crippen LogP contribution is 2.41. The van der Waals surface area contributed by atoms with Crippen LogP contribution in [0.1, 0.15) is 25.0 Å². The highest BCUT2D eigenvalue weighted by Gasteiger charge is 2.25. The number of hydrogen-bond donors (Lipinski definition) is 0. The quantitative estimate of drug-likeness (QED) is 0.181. The molecule has 0 fully saturated rings. The Balaban J connectivity index is 2.02. The van der Waals surface area contributed by atoms with Crippen molar-refractivity contribution in [3.05, 3.63) is 71.7 Å². The Morgan fingerprint density at radius 2 is 1.80 bits per heavy atom. The molecule has 3 heteroatoms. The number of hydrogen-bond acceptors (Lipinski definition) is 0. The summed E-state index contributed by atoms with van der Waals surface area (Å²) in [6.45, 7) is 6.66. The summed E-state index contributed by atoms with van der Waals surface area (Å²) in [7, 11) is 2.11. The second-order valence-electron chi connectivity index (χ2n) is 9.08. The van der Waals surface area contributed by atoms with Gasteiger partial charge in [-0.3, -0.25) is 0 Å². The van der Waals surface area contributed by atoms with Gasteiger partial charge < -0.3 is 4.40 Å². The van der Waals surface area contributed by atoms with E-state index in [9.17, 15) is 0 Å². The molecular formula is C27H24FN2+. The van der Waals surface area contributed by atoms with Crippen molar-refractivity contribution >= 4 is 49.0 Å². The van der Waals surface area contributed by atoms with Crippen molar-refractivity contribution in [2.24, 2.45) is 13.0 Å². The van der Waals surface area contributed by atoms with E-state index in [2.05, 4.69) is 73.3 Å². The molecule has 0 aliphatic heterocycles. The van der Waals surface area contributed by atoms with Crippen molar-refractivity contribution in [1.29, 1.82) is 0 Å². The van der Waals surface area contributed by atoms with Crippen LogP contribution in [0.3, 0.4) is 0 Å². The highest BCUT2D eigenvalue weighted by molar-refractivity contribution is 6.25. The molecule has 0 saturated heterocycles. The lowest BCUT2D eigenvalue weighted by Crippen LogP contribution is -2.29. The SMILES string of the molecule is Cc1ccc2c3c(F)cccc3n3c4cc(CC(C)C)cc5cc[n+](C)c(c1c23)c54. The number of pyridine rings is 2. The average molecular weight is 396 g/mol. The molecule has 0 spiro atoms. The fourth-order valence-electron chi connectivity index (χ4n) is 5.37. The molecule has 0 bridgehead atoms. The van der Waals surface area contributed by atoms with Crippen LogP contribution in [0.4, 0.5) is 4.39 Å². The zero-order chi connectivity index (χ0) is 20.7. The summed E-state index contributed by atoms with van der Waals surface area (Å²) < 4.78 is 19.6. The van der Waals surface area contributed by atoms with Crippen LogP contribution in [0.25, 0.3) is 49.0 Å². The molecule has 3 heterocycles. The maximum atomic E-state index is 15.1. The summed E-state index contributed by atoms with van der Waals surface area (Å²) in [6.07, 6.45) is 3.18. The molecular weight excluding hydrogens is 371 g/mol. The van der Waals surface area contributed by atoms with Gasteiger partial charge in [0.05, 0.1) is 27.3 Å². The first kappa shape index (κ1) is 17.6. The maximum Gasteiger partial charge on any atom is 0.224 e. The third-order valence-electron chi connectivity index (χ3n) is 6.51. The second-order valence-corrected chi connectivity index (χ2v) is 9.08. The topological polar surface area (TPSA) is 8.29 Å². The van der Waals surface area contributed by atoms with E-state index in [1.165, 1.54) is 32.8 Å². The van der Waals surface area contributed by atoms with E-state index in [-0.39, 0.29) is 5.82 Å². The van der Waals surface area contributed by atoms with Gasteiger partial charge in [-0.25, -0.2) is 8.96 Å². The van der Waals surface area contributed by atoms with Gasteiger partial charge in [0.15, 0.2) is 6.20 Å². The molecule has 0 aliphatic rings. The molecule has 0 N–H and O–H groups in total. The first-order valence-electron chi connectivity index (χ1n) is 10.6. The number of benzene rings is 3. The van der Waals surface area contributed by atoms with E-state index < -0.39 is 0 Å². The lowest BCUT2D eigenvalue weighted by Gasteiger charge is -2.15. The zero-order valence-electron chi connectivity index (χ0n) is 17.8. The van der Waals surface area contributed by atoms with E-state index in [0.717, 1.165) is 28.4 Å². The Morgan fingerprint density at radius 1 is 0.967 bits per heavy atom. The minimum absolute atomic E-state index is 0.157. The summed E-state index contributed by atoms with van der Waals surface area (Å²) in [5.41, 5.74) is 6.99. The molecule has 0 amide bonds. The van der Waals surface area contributed by atoms with E-state index in [4.69, 9.17) is 0 Å². The predicted molar refractivity (Wildman–Crippen MR) is 123 cm³/mol. The first-order chi connectivity index (χ1) is 14.5. The molecule has 0 unspecified atom stereocenters. The van der Waals surface area contributed by atoms with Crippen LogP contribution in [-0.2, 0) is 13.5 Å². The van der Waals surface area contributed by atoms with E-state index in [1.54, 1.807) is 6.07 Å². The molecule has 0 radical (unpaired) electrons. The molecule has 0 atom stereocenters. The Hall–Kier alpha value is -3.20. The van der Waals surface area contributed by atoms with Crippen molar-refractivity contribution in [1.82, 2.24) is 4.40 Å². The lowest BCUT2D eigenvalue weighted by atomic mass is 9.96. The fraction of sp³-hybridized carbons (Fsp3) is 0.222. The molecule has 6 aromatic rings. The molecule has 3 aromatic carbocycles. The summed E-state index contributed by atoms with van der Waals surface area (Å²) in [5, 5.41) is 5.40. The Morgan fingerprint density at radius 3 is 2.60 bits per heavy atom. The van der Waals surface area contributed by atoms with Gasteiger partial charge in [0.25, 0.3) is 0 Å². The average Bonchev–Trinajstić information content (AvgIpc) is 3.04. The summed E-state index contributed by atoms with van der Waals surface area (Å²) in [4.78, 5) is 0. The van der Waals surface area contributed by atoms with Crippen LogP contribution >= 0.6 is 0 Å². The Kier molecular flexibility index (Phi) is 3.48. The third kappa shape index (κ3) is 2.15. The van der Waals surface area contributed by atoms with Crippen molar-refractivity contribution < 1.29 is 8.96 Å². The number of rotatable bonds is 2. The number of fused-ring (bicyclic) bond motifs is 5. The van der Waals surface area contributed by atoms with Gasteiger partial charge >= 0.3 is 0 Å². The number of halogens is 1. The molecule has 30 heavy (non-hydrogen) atoms. The molecule has 6 rings (SSSR count). The lowest BCUT2D eigenvalue weighted by molar-refractivity contribution is -0.643. The van der Waals surface area contributed by atoms with Crippen LogP contribution in [0.15, 0.2) is 54.7 Å². The van der Waals surface area contributed by atoms with Crippen molar-refractivity contribution in [3.8, 4) is 0 Å². The summed E-state index contributed by atoms with van der Waals surface area (Å²) in [5.74, 6) is 0.418. The van der Waals surface area contributed by atoms with Crippen molar-refractivity contribution in [3.63, 3.8) is 0 Å². The van der Waals surface area contributed by atoms with Crippen LogP contribution in [0, 0.1) is 18.7 Å². The van der Waals surface area contributed by atoms with Crippen LogP contribution in [0.2, 0.25) is 0 Å². The Labute approximate surface area is 174 Å². The molecule has 3 aromatic heterocycles. The maximum absolute atomic E-state index is 15.1. The van der Waals surface area contributed by atoms with E-state index in [0.29, 0.717) is 11.3 Å². The standard InChI is InChI=1S/C27H24FN2/c1-15(2)12-17-13-18-10-11-29(4)27-23-16(3)8-9-19-25-20(28)6-5-7-21(25)30(26(19)23)22(14-17)24(18)27/h5-11,13-15H,12H2,1-4H3/q+1. The van der Waals surface area contributed by atoms with Crippen molar-refractivity contribution in [2.45, 2.75) is 27.2 Å². The van der Waals surface area contributed by atoms with Gasteiger partial charge in [-0.15, -0.1) is 0 Å². The fourth-order valence-corrected chi connectivity index (χ4v) is 5.37. The van der Waals surface area contributed by atoms with Gasteiger partial charge in [0, 0.05) is 16.8 Å². The number of aryl methyl sites for hydroxylation is 2. The van der Waals surface area contributed by atoms with Gasteiger partial charge in [0.1, 0.15) is 12.9 Å². The summed E-state index contributed by atoms with van der Waals surface area (Å²) in [6, 6.07) is 16.5. The van der Waals surface area contributed by atoms with Gasteiger partial charge in [0.2, 0.25) is 5.52 Å². The number of aromatic nitrogens is 2. The van der Waals surface area contributed by atoms with Crippen LogP contribution < -0.4 is 4.57 Å². The molecule has 2 nitrogen and oxygen atoms in total. The molecule has 0 saturated carbocycles. The van der Waals surface area contributed by atoms with Gasteiger partial charge in [-0.2, -0.15) is 0 Å². The van der Waals surface area contributed by atoms with Crippen LogP contribution in [0.5, 0.6) is 0 Å².